The summed E-state index contributed by atoms with van der Waals surface area (Å²) >= 11 is 0. The van der Waals surface area contributed by atoms with E-state index in [1.807, 2.05) is 0 Å². The van der Waals surface area contributed by atoms with Crippen LogP contribution in [0.25, 0.3) is 33.5 Å². The summed E-state index contributed by atoms with van der Waals surface area (Å²) in [4.78, 5) is 25.4. The lowest BCUT2D eigenvalue weighted by molar-refractivity contribution is -0.148. The molecule has 1 saturated carbocycles. The molecule has 1 aliphatic carbocycles. The molecule has 0 unspecified atom stereocenters. The number of ether oxygens (including phenoxy) is 1. The molecule has 0 saturated heterocycles. The maximum absolute atomic E-state index is 14.9. The number of hydrogen-bond donors (Lipinski definition) is 2. The van der Waals surface area contributed by atoms with Crippen LogP contribution in [0.5, 0.6) is 6.01 Å². The second-order valence-electron chi connectivity index (χ2n) is 8.13. The van der Waals surface area contributed by atoms with E-state index in [2.05, 4.69) is 19.9 Å². The average Bonchev–Trinajstić information content (AvgIpc) is 3.17. The summed E-state index contributed by atoms with van der Waals surface area (Å²) in [6, 6.07) is 4.87. The van der Waals surface area contributed by atoms with Crippen molar-refractivity contribution >= 4 is 17.0 Å². The van der Waals surface area contributed by atoms with Crippen molar-refractivity contribution in [2.75, 3.05) is 0 Å². The molecule has 0 bridgehead atoms. The lowest BCUT2D eigenvalue weighted by Crippen LogP contribution is -2.38. The van der Waals surface area contributed by atoms with Crippen molar-refractivity contribution in [2.24, 2.45) is 5.92 Å². The van der Waals surface area contributed by atoms with Gasteiger partial charge in [0, 0.05) is 18.0 Å². The van der Waals surface area contributed by atoms with Crippen LogP contribution in [0, 0.1) is 17.6 Å². The number of rotatable bonds is 5. The number of carboxylic acids is 1. The van der Waals surface area contributed by atoms with Gasteiger partial charge in [0.25, 0.3) is 0 Å². The summed E-state index contributed by atoms with van der Waals surface area (Å²) in [6.45, 7) is 0. The molecule has 12 heteroatoms. The maximum Gasteiger partial charge on any atom is 0.416 e. The molecular formula is C23H15F5N4O3. The number of fused-ring (bicyclic) bond motifs is 1. The number of halogens is 5. The second kappa shape index (κ2) is 8.29. The van der Waals surface area contributed by atoms with E-state index in [0.717, 1.165) is 30.3 Å². The van der Waals surface area contributed by atoms with E-state index in [1.54, 1.807) is 0 Å². The van der Waals surface area contributed by atoms with E-state index < -0.39 is 40.8 Å². The molecule has 0 aliphatic heterocycles. The highest BCUT2D eigenvalue weighted by atomic mass is 19.4. The number of aromatic nitrogens is 4. The number of aromatic amines is 1. The highest BCUT2D eigenvalue weighted by Crippen LogP contribution is 2.34. The Balaban J connectivity index is 1.38. The first kappa shape index (κ1) is 22.7. The predicted octanol–water partition coefficient (Wildman–Crippen LogP) is 5.23. The summed E-state index contributed by atoms with van der Waals surface area (Å²) in [6.07, 6.45) is -1.58. The topological polar surface area (TPSA) is 101 Å². The smallest absolute Gasteiger partial charge is 0.416 e. The van der Waals surface area contributed by atoms with Crippen molar-refractivity contribution in [3.63, 3.8) is 0 Å². The number of H-pyrrole nitrogens is 1. The number of carboxylic acid groups (broad SMARTS) is 1. The Bertz CT molecular complexity index is 1410. The lowest BCUT2D eigenvalue weighted by atomic mass is 9.82. The van der Waals surface area contributed by atoms with Crippen molar-refractivity contribution in [3.8, 4) is 28.5 Å². The molecule has 7 nitrogen and oxygen atoms in total. The first-order valence-corrected chi connectivity index (χ1v) is 10.4. The van der Waals surface area contributed by atoms with Crippen LogP contribution in [0.3, 0.4) is 0 Å². The van der Waals surface area contributed by atoms with E-state index in [0.29, 0.717) is 12.8 Å². The van der Waals surface area contributed by atoms with Crippen molar-refractivity contribution in [1.82, 2.24) is 19.9 Å². The molecule has 35 heavy (non-hydrogen) atoms. The third kappa shape index (κ3) is 4.38. The van der Waals surface area contributed by atoms with Crippen LogP contribution in [0.2, 0.25) is 0 Å². The first-order valence-electron chi connectivity index (χ1n) is 10.4. The fourth-order valence-corrected chi connectivity index (χ4v) is 3.81. The summed E-state index contributed by atoms with van der Waals surface area (Å²) < 4.78 is 74.1. The minimum atomic E-state index is -4.57. The summed E-state index contributed by atoms with van der Waals surface area (Å²) in [5, 5.41) is 8.90. The van der Waals surface area contributed by atoms with Crippen molar-refractivity contribution in [3.05, 3.63) is 59.9 Å². The Kier molecular flexibility index (Phi) is 5.37. The molecule has 0 spiro atoms. The van der Waals surface area contributed by atoms with Crippen LogP contribution in [0.15, 0.2) is 42.7 Å². The zero-order valence-corrected chi connectivity index (χ0v) is 17.6. The van der Waals surface area contributed by atoms with E-state index in [-0.39, 0.29) is 40.1 Å². The second-order valence-corrected chi connectivity index (χ2v) is 8.13. The van der Waals surface area contributed by atoms with Gasteiger partial charge in [-0.05, 0) is 48.7 Å². The molecule has 180 valence electrons. The quantitative estimate of drug-likeness (QED) is 0.372. The minimum absolute atomic E-state index is 0.0113. The molecule has 0 radical (unpaired) electrons. The van der Waals surface area contributed by atoms with Crippen LogP contribution in [0.4, 0.5) is 22.0 Å². The van der Waals surface area contributed by atoms with Crippen LogP contribution < -0.4 is 4.74 Å². The van der Waals surface area contributed by atoms with Gasteiger partial charge in [-0.1, -0.05) is 0 Å². The number of aliphatic carboxylic acids is 1. The van der Waals surface area contributed by atoms with Crippen molar-refractivity contribution in [1.29, 1.82) is 0 Å². The highest BCUT2D eigenvalue weighted by Gasteiger charge is 2.36. The standard InChI is InChI=1S/C23H15F5N4O3/c24-15-5-10(12-8-29-22(30-9-12)35-14-3-11(4-14)21(33)34)6-16(25)19(15)20-31-17-2-1-13(23(26,27)28)7-18(17)32-20/h1-2,5-9,11,14H,3-4H2,(H,31,32)(H,33,34). The zero-order chi connectivity index (χ0) is 24.9. The molecule has 5 rings (SSSR count). The number of benzene rings is 2. The molecule has 2 aromatic heterocycles. The van der Waals surface area contributed by atoms with Gasteiger partial charge in [-0.3, -0.25) is 4.79 Å². The highest BCUT2D eigenvalue weighted by molar-refractivity contribution is 5.81. The van der Waals surface area contributed by atoms with E-state index in [1.165, 1.54) is 12.4 Å². The van der Waals surface area contributed by atoms with Gasteiger partial charge in [0.15, 0.2) is 0 Å². The van der Waals surface area contributed by atoms with Gasteiger partial charge in [0.05, 0.1) is 28.1 Å². The van der Waals surface area contributed by atoms with Crippen LogP contribution in [0.1, 0.15) is 18.4 Å². The molecule has 1 aliphatic rings. The van der Waals surface area contributed by atoms with Gasteiger partial charge in [0.1, 0.15) is 23.6 Å². The Labute approximate surface area is 193 Å². The van der Waals surface area contributed by atoms with Gasteiger partial charge < -0.3 is 14.8 Å². The van der Waals surface area contributed by atoms with E-state index >= 15 is 0 Å². The summed E-state index contributed by atoms with van der Waals surface area (Å²) in [5.74, 6) is -3.56. The third-order valence-corrected chi connectivity index (χ3v) is 5.77. The summed E-state index contributed by atoms with van der Waals surface area (Å²) in [5.41, 5.74) is -0.900. The Morgan fingerprint density at radius 1 is 1.03 bits per heavy atom. The number of carbonyl (C=O) groups is 1. The Hall–Kier alpha value is -4.09. The van der Waals surface area contributed by atoms with Crippen molar-refractivity contribution < 1.29 is 36.6 Å². The fraction of sp³-hybridized carbons (Fsp3) is 0.217. The van der Waals surface area contributed by atoms with Crippen LogP contribution in [-0.4, -0.2) is 37.1 Å². The maximum atomic E-state index is 14.9. The van der Waals surface area contributed by atoms with Crippen LogP contribution >= 0.6 is 0 Å². The molecule has 4 aromatic rings. The molecule has 2 aromatic carbocycles. The normalized spacial score (nSPS) is 17.9. The monoisotopic (exact) mass is 490 g/mol. The van der Waals surface area contributed by atoms with Gasteiger partial charge in [0.2, 0.25) is 0 Å². The molecular weight excluding hydrogens is 475 g/mol. The predicted molar refractivity (Wildman–Crippen MR) is 112 cm³/mol. The van der Waals surface area contributed by atoms with Gasteiger partial charge >= 0.3 is 18.2 Å². The van der Waals surface area contributed by atoms with Gasteiger partial charge in [-0.2, -0.15) is 13.2 Å². The largest absolute Gasteiger partial charge is 0.481 e. The molecule has 2 N–H and O–H groups in total. The number of imidazole rings is 1. The fourth-order valence-electron chi connectivity index (χ4n) is 3.81. The molecule has 0 atom stereocenters. The SMILES string of the molecule is O=C(O)C1CC(Oc2ncc(-c3cc(F)c(-c4nc5ccc(C(F)(F)F)cc5[nH]4)c(F)c3)cn2)C1. The van der Waals surface area contributed by atoms with Gasteiger partial charge in [-0.25, -0.2) is 23.7 Å². The average molecular weight is 490 g/mol. The number of alkyl halides is 3. The summed E-state index contributed by atoms with van der Waals surface area (Å²) in [7, 11) is 0. The lowest BCUT2D eigenvalue weighted by Gasteiger charge is -2.31. The Morgan fingerprint density at radius 2 is 1.69 bits per heavy atom. The van der Waals surface area contributed by atoms with E-state index in [9.17, 15) is 26.7 Å². The van der Waals surface area contributed by atoms with Crippen molar-refractivity contribution in [2.45, 2.75) is 25.1 Å². The minimum Gasteiger partial charge on any atom is -0.481 e. The Morgan fingerprint density at radius 3 is 2.29 bits per heavy atom. The molecule has 2 heterocycles. The first-order chi connectivity index (χ1) is 16.6. The van der Waals surface area contributed by atoms with Gasteiger partial charge in [-0.15, -0.1) is 0 Å². The number of hydrogen-bond acceptors (Lipinski definition) is 5. The third-order valence-electron chi connectivity index (χ3n) is 5.77. The van der Waals surface area contributed by atoms with Crippen LogP contribution in [-0.2, 0) is 11.0 Å². The zero-order valence-electron chi connectivity index (χ0n) is 17.6. The molecule has 0 amide bonds. The molecule has 1 fully saturated rings. The number of nitrogens with one attached hydrogen (secondary N) is 1. The number of nitrogens with zero attached hydrogens (tertiary/aromatic N) is 3. The van der Waals surface area contributed by atoms with E-state index in [4.69, 9.17) is 9.84 Å².